The first-order valence-electron chi connectivity index (χ1n) is 5.06. The van der Waals surface area contributed by atoms with Gasteiger partial charge in [-0.15, -0.1) is 11.8 Å². The predicted octanol–water partition coefficient (Wildman–Crippen LogP) is 1.77. The molecule has 80 valence electrons. The molecule has 15 heavy (non-hydrogen) atoms. The third-order valence-electron chi connectivity index (χ3n) is 2.35. The standard InChI is InChI=1S/C12H17N3/c1-5-6-7-12(13-4)11-8-9(2)14-15-10(11)3/h8,12-13H,7H2,1-4H3. The smallest absolute Gasteiger partial charge is 0.0648 e. The third-order valence-corrected chi connectivity index (χ3v) is 2.35. The second kappa shape index (κ2) is 5.47. The summed E-state index contributed by atoms with van der Waals surface area (Å²) in [5, 5.41) is 11.4. The molecule has 1 rings (SSSR count). The van der Waals surface area contributed by atoms with Gasteiger partial charge in [-0.05, 0) is 39.4 Å². The maximum atomic E-state index is 4.12. The van der Waals surface area contributed by atoms with E-state index in [4.69, 9.17) is 0 Å². The zero-order valence-corrected chi connectivity index (χ0v) is 9.76. The van der Waals surface area contributed by atoms with Crippen LogP contribution >= 0.6 is 0 Å². The first kappa shape index (κ1) is 11.7. The van der Waals surface area contributed by atoms with Gasteiger partial charge in [-0.2, -0.15) is 10.2 Å². The molecular weight excluding hydrogens is 186 g/mol. The van der Waals surface area contributed by atoms with Crippen molar-refractivity contribution in [2.45, 2.75) is 33.2 Å². The highest BCUT2D eigenvalue weighted by Gasteiger charge is 2.11. The molecule has 1 aromatic rings. The summed E-state index contributed by atoms with van der Waals surface area (Å²) in [7, 11) is 1.94. The maximum absolute atomic E-state index is 4.12. The van der Waals surface area contributed by atoms with Gasteiger partial charge in [-0.25, -0.2) is 0 Å². The van der Waals surface area contributed by atoms with Crippen molar-refractivity contribution in [2.24, 2.45) is 0 Å². The Bertz CT molecular complexity index is 388. The third kappa shape index (κ3) is 3.03. The van der Waals surface area contributed by atoms with E-state index in [0.29, 0.717) is 0 Å². The van der Waals surface area contributed by atoms with E-state index in [0.717, 1.165) is 17.8 Å². The van der Waals surface area contributed by atoms with Gasteiger partial charge in [0.15, 0.2) is 0 Å². The Morgan fingerprint density at radius 1 is 1.40 bits per heavy atom. The molecule has 0 bridgehead atoms. The molecule has 0 aliphatic heterocycles. The van der Waals surface area contributed by atoms with Crippen LogP contribution in [0.4, 0.5) is 0 Å². The predicted molar refractivity (Wildman–Crippen MR) is 61.4 cm³/mol. The number of aromatic nitrogens is 2. The Morgan fingerprint density at radius 2 is 2.13 bits per heavy atom. The monoisotopic (exact) mass is 203 g/mol. The van der Waals surface area contributed by atoms with Crippen LogP contribution in [-0.4, -0.2) is 17.2 Å². The van der Waals surface area contributed by atoms with Crippen LogP contribution in [0.1, 0.15) is 36.3 Å². The lowest BCUT2D eigenvalue weighted by molar-refractivity contribution is 0.600. The Morgan fingerprint density at radius 3 is 2.73 bits per heavy atom. The Hall–Kier alpha value is -1.40. The number of nitrogens with one attached hydrogen (secondary N) is 1. The molecule has 1 aromatic heterocycles. The van der Waals surface area contributed by atoms with E-state index >= 15 is 0 Å². The molecule has 3 heteroatoms. The number of rotatable bonds is 3. The molecule has 3 nitrogen and oxygen atoms in total. The Kier molecular flexibility index (Phi) is 4.26. The van der Waals surface area contributed by atoms with Crippen LogP contribution in [0.25, 0.3) is 0 Å². The van der Waals surface area contributed by atoms with Crippen LogP contribution in [0.15, 0.2) is 6.07 Å². The van der Waals surface area contributed by atoms with Gasteiger partial charge in [0.05, 0.1) is 11.4 Å². The summed E-state index contributed by atoms with van der Waals surface area (Å²) in [4.78, 5) is 0. The molecule has 0 saturated heterocycles. The van der Waals surface area contributed by atoms with Gasteiger partial charge in [0.25, 0.3) is 0 Å². The minimum Gasteiger partial charge on any atom is -0.312 e. The van der Waals surface area contributed by atoms with Crippen molar-refractivity contribution in [3.05, 3.63) is 23.0 Å². The number of aryl methyl sites for hydroxylation is 2. The average Bonchev–Trinajstić information content (AvgIpc) is 2.24. The maximum Gasteiger partial charge on any atom is 0.0648 e. The quantitative estimate of drug-likeness (QED) is 0.761. The molecule has 0 aliphatic rings. The van der Waals surface area contributed by atoms with Crippen LogP contribution in [0.5, 0.6) is 0 Å². The van der Waals surface area contributed by atoms with E-state index < -0.39 is 0 Å². The summed E-state index contributed by atoms with van der Waals surface area (Å²) < 4.78 is 0. The number of hydrogen-bond donors (Lipinski definition) is 1. The lowest BCUT2D eigenvalue weighted by atomic mass is 10.0. The summed E-state index contributed by atoms with van der Waals surface area (Å²) in [5.74, 6) is 5.99. The van der Waals surface area contributed by atoms with E-state index in [1.54, 1.807) is 0 Å². The van der Waals surface area contributed by atoms with E-state index in [-0.39, 0.29) is 6.04 Å². The molecule has 1 unspecified atom stereocenters. The molecule has 0 radical (unpaired) electrons. The summed E-state index contributed by atoms with van der Waals surface area (Å²) in [6.45, 7) is 5.79. The molecule has 0 spiro atoms. The largest absolute Gasteiger partial charge is 0.312 e. The Labute approximate surface area is 91.3 Å². The van der Waals surface area contributed by atoms with Crippen molar-refractivity contribution in [1.82, 2.24) is 15.5 Å². The van der Waals surface area contributed by atoms with Gasteiger partial charge in [0.1, 0.15) is 0 Å². The van der Waals surface area contributed by atoms with Crippen LogP contribution in [0, 0.1) is 25.7 Å². The molecular formula is C12H17N3. The van der Waals surface area contributed by atoms with Gasteiger partial charge in [-0.1, -0.05) is 0 Å². The van der Waals surface area contributed by atoms with Gasteiger partial charge < -0.3 is 5.32 Å². The zero-order chi connectivity index (χ0) is 11.3. The van der Waals surface area contributed by atoms with Gasteiger partial charge in [0.2, 0.25) is 0 Å². The van der Waals surface area contributed by atoms with Gasteiger partial charge in [-0.3, -0.25) is 0 Å². The molecule has 0 aliphatic carbocycles. The SMILES string of the molecule is CC#CCC(NC)c1cc(C)nnc1C. The topological polar surface area (TPSA) is 37.8 Å². The molecule has 0 fully saturated rings. The second-order valence-corrected chi connectivity index (χ2v) is 3.50. The van der Waals surface area contributed by atoms with Crippen LogP contribution < -0.4 is 5.32 Å². The van der Waals surface area contributed by atoms with Gasteiger partial charge >= 0.3 is 0 Å². The highest BCUT2D eigenvalue weighted by Crippen LogP contribution is 2.18. The van der Waals surface area contributed by atoms with Crippen molar-refractivity contribution in [1.29, 1.82) is 0 Å². The fraction of sp³-hybridized carbons (Fsp3) is 0.500. The highest BCUT2D eigenvalue weighted by molar-refractivity contribution is 5.25. The Balaban J connectivity index is 2.98. The van der Waals surface area contributed by atoms with Crippen LogP contribution in [-0.2, 0) is 0 Å². The molecule has 1 atom stereocenters. The van der Waals surface area contributed by atoms with E-state index in [2.05, 4.69) is 33.4 Å². The van der Waals surface area contributed by atoms with Crippen molar-refractivity contribution in [2.75, 3.05) is 7.05 Å². The van der Waals surface area contributed by atoms with E-state index in [9.17, 15) is 0 Å². The normalized spacial score (nSPS) is 11.7. The average molecular weight is 203 g/mol. The molecule has 1 heterocycles. The summed E-state index contributed by atoms with van der Waals surface area (Å²) in [5.41, 5.74) is 3.10. The van der Waals surface area contributed by atoms with Gasteiger partial charge in [0, 0.05) is 12.5 Å². The first-order chi connectivity index (χ1) is 7.19. The van der Waals surface area contributed by atoms with E-state index in [1.165, 1.54) is 5.56 Å². The molecule has 0 amide bonds. The van der Waals surface area contributed by atoms with Crippen LogP contribution in [0.2, 0.25) is 0 Å². The summed E-state index contributed by atoms with van der Waals surface area (Å²) in [6, 6.07) is 2.31. The summed E-state index contributed by atoms with van der Waals surface area (Å²) >= 11 is 0. The second-order valence-electron chi connectivity index (χ2n) is 3.50. The summed E-state index contributed by atoms with van der Waals surface area (Å²) in [6.07, 6.45) is 0.805. The first-order valence-corrected chi connectivity index (χ1v) is 5.06. The van der Waals surface area contributed by atoms with Crippen molar-refractivity contribution >= 4 is 0 Å². The minimum absolute atomic E-state index is 0.242. The van der Waals surface area contributed by atoms with Crippen molar-refractivity contribution < 1.29 is 0 Å². The molecule has 1 N–H and O–H groups in total. The number of hydrogen-bond acceptors (Lipinski definition) is 3. The molecule has 0 aromatic carbocycles. The van der Waals surface area contributed by atoms with Crippen molar-refractivity contribution in [3.63, 3.8) is 0 Å². The van der Waals surface area contributed by atoms with Crippen LogP contribution in [0.3, 0.4) is 0 Å². The van der Waals surface area contributed by atoms with E-state index in [1.807, 2.05) is 27.8 Å². The number of nitrogens with zero attached hydrogens (tertiary/aromatic N) is 2. The fourth-order valence-electron chi connectivity index (χ4n) is 1.49. The minimum atomic E-state index is 0.242. The molecule has 0 saturated carbocycles. The zero-order valence-electron chi connectivity index (χ0n) is 9.76. The lowest BCUT2D eigenvalue weighted by Gasteiger charge is -2.15. The highest BCUT2D eigenvalue weighted by atomic mass is 15.1. The fourth-order valence-corrected chi connectivity index (χ4v) is 1.49. The van der Waals surface area contributed by atoms with Crippen molar-refractivity contribution in [3.8, 4) is 11.8 Å². The lowest BCUT2D eigenvalue weighted by Crippen LogP contribution is -2.18.